The second-order valence-corrected chi connectivity index (χ2v) is 5.64. The standard InChI is InChI=1S/C13H25N3O2/c14-10-5-7-16(8-6-10)9-13(18)15-11-3-1-2-4-12(11)17/h10-12,17H,1-9,14H2,(H,15,18)/t11-,12-/m0/s1. The van der Waals surface area contributed by atoms with E-state index in [-0.39, 0.29) is 18.1 Å². The number of nitrogens with two attached hydrogens (primary N) is 1. The molecule has 1 heterocycles. The van der Waals surface area contributed by atoms with Crippen molar-refractivity contribution in [1.29, 1.82) is 0 Å². The Balaban J connectivity index is 1.71. The van der Waals surface area contributed by atoms with Gasteiger partial charge in [-0.05, 0) is 25.7 Å². The smallest absolute Gasteiger partial charge is 0.234 e. The minimum Gasteiger partial charge on any atom is -0.391 e. The maximum atomic E-state index is 11.9. The molecule has 2 aliphatic rings. The molecule has 1 saturated carbocycles. The number of rotatable bonds is 3. The fourth-order valence-corrected chi connectivity index (χ4v) is 2.85. The Morgan fingerprint density at radius 3 is 2.56 bits per heavy atom. The summed E-state index contributed by atoms with van der Waals surface area (Å²) in [4.78, 5) is 14.1. The molecule has 0 unspecified atom stereocenters. The second kappa shape index (κ2) is 6.50. The van der Waals surface area contributed by atoms with E-state index in [2.05, 4.69) is 10.2 Å². The molecule has 0 spiro atoms. The monoisotopic (exact) mass is 255 g/mol. The second-order valence-electron chi connectivity index (χ2n) is 5.64. The first-order chi connectivity index (χ1) is 8.65. The minimum absolute atomic E-state index is 0.0384. The van der Waals surface area contributed by atoms with Gasteiger partial charge in [0.1, 0.15) is 0 Å². The number of hydrogen-bond donors (Lipinski definition) is 3. The van der Waals surface area contributed by atoms with Gasteiger partial charge in [0.15, 0.2) is 0 Å². The van der Waals surface area contributed by atoms with Crippen molar-refractivity contribution in [3.63, 3.8) is 0 Å². The predicted molar refractivity (Wildman–Crippen MR) is 70.1 cm³/mol. The Morgan fingerprint density at radius 2 is 1.89 bits per heavy atom. The predicted octanol–water partition coefficient (Wildman–Crippen LogP) is -0.171. The highest BCUT2D eigenvalue weighted by Gasteiger charge is 2.25. The van der Waals surface area contributed by atoms with E-state index in [1.54, 1.807) is 0 Å². The van der Waals surface area contributed by atoms with Crippen molar-refractivity contribution in [2.75, 3.05) is 19.6 Å². The average Bonchev–Trinajstić information content (AvgIpc) is 2.35. The van der Waals surface area contributed by atoms with Crippen molar-refractivity contribution < 1.29 is 9.90 Å². The van der Waals surface area contributed by atoms with Crippen LogP contribution in [-0.2, 0) is 4.79 Å². The van der Waals surface area contributed by atoms with Gasteiger partial charge in [0.2, 0.25) is 5.91 Å². The van der Waals surface area contributed by atoms with E-state index in [1.165, 1.54) is 0 Å². The third-order valence-electron chi connectivity index (χ3n) is 4.08. The number of nitrogens with one attached hydrogen (secondary N) is 1. The normalized spacial score (nSPS) is 31.2. The SMILES string of the molecule is NC1CCN(CC(=O)N[C@H]2CCCC[C@@H]2O)CC1. The van der Waals surface area contributed by atoms with E-state index in [4.69, 9.17) is 5.73 Å². The molecule has 104 valence electrons. The van der Waals surface area contributed by atoms with Crippen molar-refractivity contribution >= 4 is 5.91 Å². The summed E-state index contributed by atoms with van der Waals surface area (Å²) in [6.45, 7) is 2.25. The van der Waals surface area contributed by atoms with Crippen molar-refractivity contribution in [1.82, 2.24) is 10.2 Å². The van der Waals surface area contributed by atoms with Gasteiger partial charge in [0.25, 0.3) is 0 Å². The fraction of sp³-hybridized carbons (Fsp3) is 0.923. The van der Waals surface area contributed by atoms with E-state index in [9.17, 15) is 9.90 Å². The molecule has 5 nitrogen and oxygen atoms in total. The molecule has 1 amide bonds. The van der Waals surface area contributed by atoms with Gasteiger partial charge in [-0.25, -0.2) is 0 Å². The molecule has 0 bridgehead atoms. The highest BCUT2D eigenvalue weighted by atomic mass is 16.3. The number of nitrogens with zero attached hydrogens (tertiary/aromatic N) is 1. The highest BCUT2D eigenvalue weighted by Crippen LogP contribution is 2.18. The van der Waals surface area contributed by atoms with Crippen LogP contribution >= 0.6 is 0 Å². The molecular formula is C13H25N3O2. The molecular weight excluding hydrogens is 230 g/mol. The lowest BCUT2D eigenvalue weighted by atomic mass is 9.92. The lowest BCUT2D eigenvalue weighted by Crippen LogP contribution is -2.50. The summed E-state index contributed by atoms with van der Waals surface area (Å²) in [6.07, 6.45) is 5.45. The van der Waals surface area contributed by atoms with Gasteiger partial charge in [-0.2, -0.15) is 0 Å². The Bertz CT molecular complexity index is 277. The van der Waals surface area contributed by atoms with Gasteiger partial charge in [0, 0.05) is 19.1 Å². The van der Waals surface area contributed by atoms with Crippen LogP contribution in [0.25, 0.3) is 0 Å². The summed E-state index contributed by atoms with van der Waals surface area (Å²) in [5, 5.41) is 12.8. The first-order valence-electron chi connectivity index (χ1n) is 7.10. The number of aliphatic hydroxyl groups is 1. The van der Waals surface area contributed by atoms with Crippen LogP contribution < -0.4 is 11.1 Å². The zero-order valence-electron chi connectivity index (χ0n) is 11.0. The van der Waals surface area contributed by atoms with E-state index >= 15 is 0 Å². The Hall–Kier alpha value is -0.650. The highest BCUT2D eigenvalue weighted by molar-refractivity contribution is 5.78. The maximum Gasteiger partial charge on any atom is 0.234 e. The van der Waals surface area contributed by atoms with Gasteiger partial charge in [0.05, 0.1) is 18.7 Å². The van der Waals surface area contributed by atoms with Crippen LogP contribution in [0.3, 0.4) is 0 Å². The third kappa shape index (κ3) is 3.93. The average molecular weight is 255 g/mol. The quantitative estimate of drug-likeness (QED) is 0.654. The van der Waals surface area contributed by atoms with Crippen LogP contribution in [0.2, 0.25) is 0 Å². The Labute approximate surface area is 109 Å². The minimum atomic E-state index is -0.363. The molecule has 0 aromatic heterocycles. The molecule has 1 saturated heterocycles. The van der Waals surface area contributed by atoms with E-state index in [1.807, 2.05) is 0 Å². The van der Waals surface area contributed by atoms with Crippen LogP contribution in [0.5, 0.6) is 0 Å². The number of carbonyl (C=O) groups is 1. The molecule has 2 atom stereocenters. The fourth-order valence-electron chi connectivity index (χ4n) is 2.85. The summed E-state index contributed by atoms with van der Waals surface area (Å²) in [6, 6.07) is 0.253. The van der Waals surface area contributed by atoms with Gasteiger partial charge >= 0.3 is 0 Å². The molecule has 4 N–H and O–H groups in total. The molecule has 0 aromatic carbocycles. The van der Waals surface area contributed by atoms with E-state index < -0.39 is 0 Å². The molecule has 0 aromatic rings. The number of carbonyl (C=O) groups excluding carboxylic acids is 1. The summed E-state index contributed by atoms with van der Waals surface area (Å²) in [5.74, 6) is 0.0384. The summed E-state index contributed by atoms with van der Waals surface area (Å²) < 4.78 is 0. The van der Waals surface area contributed by atoms with Crippen molar-refractivity contribution in [3.05, 3.63) is 0 Å². The summed E-state index contributed by atoms with van der Waals surface area (Å²) in [5.41, 5.74) is 5.84. The summed E-state index contributed by atoms with van der Waals surface area (Å²) in [7, 11) is 0. The van der Waals surface area contributed by atoms with Gasteiger partial charge in [-0.1, -0.05) is 12.8 Å². The lowest BCUT2D eigenvalue weighted by molar-refractivity contribution is -0.124. The molecule has 1 aliphatic carbocycles. The van der Waals surface area contributed by atoms with E-state index in [0.29, 0.717) is 12.6 Å². The van der Waals surface area contributed by atoms with Crippen molar-refractivity contribution in [2.45, 2.75) is 56.7 Å². The molecule has 2 fully saturated rings. The largest absolute Gasteiger partial charge is 0.391 e. The van der Waals surface area contributed by atoms with Crippen LogP contribution in [0.4, 0.5) is 0 Å². The first kappa shape index (κ1) is 13.8. The number of piperidine rings is 1. The van der Waals surface area contributed by atoms with Gasteiger partial charge < -0.3 is 16.2 Å². The van der Waals surface area contributed by atoms with Gasteiger partial charge in [-0.15, -0.1) is 0 Å². The molecule has 1 aliphatic heterocycles. The van der Waals surface area contributed by atoms with Crippen molar-refractivity contribution in [3.8, 4) is 0 Å². The summed E-state index contributed by atoms with van der Waals surface area (Å²) >= 11 is 0. The lowest BCUT2D eigenvalue weighted by Gasteiger charge is -2.32. The molecule has 5 heteroatoms. The number of hydrogen-bond acceptors (Lipinski definition) is 4. The third-order valence-corrected chi connectivity index (χ3v) is 4.08. The topological polar surface area (TPSA) is 78.6 Å². The van der Waals surface area contributed by atoms with Crippen LogP contribution in [0.1, 0.15) is 38.5 Å². The van der Waals surface area contributed by atoms with Crippen LogP contribution in [0, 0.1) is 0 Å². The molecule has 0 radical (unpaired) electrons. The molecule has 2 rings (SSSR count). The van der Waals surface area contributed by atoms with Crippen LogP contribution in [0.15, 0.2) is 0 Å². The Morgan fingerprint density at radius 1 is 1.22 bits per heavy atom. The maximum absolute atomic E-state index is 11.9. The van der Waals surface area contributed by atoms with Crippen LogP contribution in [-0.4, -0.2) is 53.7 Å². The zero-order chi connectivity index (χ0) is 13.0. The Kier molecular flexibility index (Phi) is 4.97. The first-order valence-corrected chi connectivity index (χ1v) is 7.10. The number of amides is 1. The zero-order valence-corrected chi connectivity index (χ0v) is 11.0. The van der Waals surface area contributed by atoms with Gasteiger partial charge in [-0.3, -0.25) is 9.69 Å². The number of likely N-dealkylation sites (tertiary alicyclic amines) is 1. The van der Waals surface area contributed by atoms with E-state index in [0.717, 1.165) is 51.6 Å². The van der Waals surface area contributed by atoms with Crippen molar-refractivity contribution in [2.24, 2.45) is 5.73 Å². The number of aliphatic hydroxyl groups excluding tert-OH is 1. The molecule has 18 heavy (non-hydrogen) atoms.